The molecule has 0 bridgehead atoms. The van der Waals surface area contributed by atoms with Crippen LogP contribution in [-0.2, 0) is 7.05 Å². The molecule has 0 spiro atoms. The van der Waals surface area contributed by atoms with Crippen molar-refractivity contribution in [1.82, 2.24) is 0 Å². The van der Waals surface area contributed by atoms with Crippen LogP contribution in [0, 0.1) is 19.6 Å². The zero-order valence-corrected chi connectivity index (χ0v) is 16.2. The number of aryl methyl sites for hydroxylation is 3. The van der Waals surface area contributed by atoms with E-state index in [1.165, 1.54) is 12.3 Å². The van der Waals surface area contributed by atoms with Gasteiger partial charge in [0.1, 0.15) is 24.0 Å². The third-order valence-electron chi connectivity index (χ3n) is 5.44. The van der Waals surface area contributed by atoms with Crippen LogP contribution in [0.2, 0.25) is 0 Å². The zero-order chi connectivity index (χ0) is 22.6. The summed E-state index contributed by atoms with van der Waals surface area (Å²) in [6.45, 7) is -0.582. The summed E-state index contributed by atoms with van der Waals surface area (Å²) in [5.41, 5.74) is 5.36. The first kappa shape index (κ1) is 14.5. The summed E-state index contributed by atoms with van der Waals surface area (Å²) in [7, 11) is 1.72. The zero-order valence-electron chi connectivity index (χ0n) is 19.2. The minimum Gasteiger partial charge on any atom is -0.454 e. The number of benzene rings is 3. The second kappa shape index (κ2) is 6.56. The monoisotopic (exact) mass is 385 g/mol. The Morgan fingerprint density at radius 2 is 1.69 bits per heavy atom. The molecule has 0 aliphatic heterocycles. The first-order valence-corrected chi connectivity index (χ1v) is 9.46. The molecule has 5 rings (SSSR count). The number of hydrogen-bond donors (Lipinski definition) is 0. The van der Waals surface area contributed by atoms with Gasteiger partial charge in [0.05, 0.1) is 5.56 Å². The molecule has 0 saturated carbocycles. The lowest BCUT2D eigenvalue weighted by molar-refractivity contribution is -0.661. The lowest BCUT2D eigenvalue weighted by Crippen LogP contribution is -2.31. The van der Waals surface area contributed by atoms with Crippen molar-refractivity contribution in [3.05, 3.63) is 89.9 Å². The smallest absolute Gasteiger partial charge is 0.219 e. The molecule has 2 heterocycles. The summed E-state index contributed by atoms with van der Waals surface area (Å²) >= 11 is 0. The van der Waals surface area contributed by atoms with Crippen LogP contribution in [-0.4, -0.2) is 0 Å². The van der Waals surface area contributed by atoms with Crippen molar-refractivity contribution in [1.29, 1.82) is 0 Å². The molecule has 0 aliphatic carbocycles. The van der Waals surface area contributed by atoms with Gasteiger partial charge < -0.3 is 4.42 Å². The van der Waals surface area contributed by atoms with Crippen LogP contribution in [0.4, 0.5) is 4.39 Å². The van der Waals surface area contributed by atoms with Crippen LogP contribution in [0.1, 0.15) is 15.2 Å². The Balaban J connectivity index is 1.82. The lowest BCUT2D eigenvalue weighted by atomic mass is 9.99. The molecule has 142 valence electrons. The molecule has 5 aromatic rings. The van der Waals surface area contributed by atoms with E-state index in [2.05, 4.69) is 0 Å². The largest absolute Gasteiger partial charge is 0.454 e. The molecule has 2 nitrogen and oxygen atoms in total. The molecule has 0 fully saturated rings. The summed E-state index contributed by atoms with van der Waals surface area (Å²) in [5, 5.41) is 1.91. The van der Waals surface area contributed by atoms with Crippen LogP contribution in [0.5, 0.6) is 0 Å². The fourth-order valence-electron chi connectivity index (χ4n) is 4.00. The van der Waals surface area contributed by atoms with E-state index in [9.17, 15) is 4.39 Å². The van der Waals surface area contributed by atoms with E-state index >= 15 is 0 Å². The number of rotatable bonds is 2. The summed E-state index contributed by atoms with van der Waals surface area (Å²) < 4.78 is 45.7. The van der Waals surface area contributed by atoms with Gasteiger partial charge in [-0.25, -0.2) is 8.96 Å². The van der Waals surface area contributed by atoms with Crippen molar-refractivity contribution in [2.45, 2.75) is 13.8 Å². The molecular formula is C26H21FNO+. The minimum atomic E-state index is -2.52. The van der Waals surface area contributed by atoms with E-state index in [-0.39, 0.29) is 5.56 Å². The summed E-state index contributed by atoms with van der Waals surface area (Å²) in [6.07, 6.45) is 1.34. The molecule has 0 aliphatic rings. The van der Waals surface area contributed by atoms with Crippen molar-refractivity contribution in [2.24, 2.45) is 7.05 Å². The van der Waals surface area contributed by atoms with Crippen LogP contribution in [0.25, 0.3) is 44.3 Å². The molecule has 0 N–H and O–H groups in total. The van der Waals surface area contributed by atoms with Gasteiger partial charge >= 0.3 is 0 Å². The second-order valence-electron chi connectivity index (χ2n) is 7.32. The van der Waals surface area contributed by atoms with E-state index in [1.807, 2.05) is 67.6 Å². The number of nitrogens with zero attached hydrogens (tertiary/aromatic N) is 1. The Labute approximate surface area is 173 Å². The SMILES string of the molecule is [2H]C([2H])([2H])c1c[n+](C)c(-c2c(C)ccc3c2oc2c(-c4ccccc4)cccc23)cc1F. The summed E-state index contributed by atoms with van der Waals surface area (Å²) in [4.78, 5) is 0. The van der Waals surface area contributed by atoms with Crippen molar-refractivity contribution in [3.8, 4) is 22.4 Å². The number of furan rings is 1. The average molecular weight is 385 g/mol. The lowest BCUT2D eigenvalue weighted by Gasteiger charge is -2.06. The van der Waals surface area contributed by atoms with E-state index in [0.717, 1.165) is 38.6 Å². The molecule has 0 atom stereocenters. The van der Waals surface area contributed by atoms with Crippen LogP contribution in [0.3, 0.4) is 0 Å². The third kappa shape index (κ3) is 2.73. The average Bonchev–Trinajstić information content (AvgIpc) is 3.14. The van der Waals surface area contributed by atoms with Gasteiger partial charge in [-0.1, -0.05) is 60.7 Å². The number of pyridine rings is 1. The second-order valence-corrected chi connectivity index (χ2v) is 7.32. The van der Waals surface area contributed by atoms with Crippen LogP contribution < -0.4 is 4.57 Å². The molecule has 3 aromatic carbocycles. The normalized spacial score (nSPS) is 13.4. The molecule has 3 heteroatoms. The first-order valence-electron chi connectivity index (χ1n) is 11.0. The van der Waals surface area contributed by atoms with Crippen molar-refractivity contribution in [3.63, 3.8) is 0 Å². The van der Waals surface area contributed by atoms with Gasteiger partial charge in [-0.05, 0) is 24.9 Å². The Morgan fingerprint density at radius 1 is 0.897 bits per heavy atom. The maximum Gasteiger partial charge on any atom is 0.219 e. The number of fused-ring (bicyclic) bond motifs is 3. The van der Waals surface area contributed by atoms with Gasteiger partial charge in [0.15, 0.2) is 6.20 Å². The highest BCUT2D eigenvalue weighted by Gasteiger charge is 2.23. The van der Waals surface area contributed by atoms with Crippen molar-refractivity contribution < 1.29 is 17.5 Å². The predicted molar refractivity (Wildman–Crippen MR) is 115 cm³/mol. The third-order valence-corrected chi connectivity index (χ3v) is 5.44. The maximum atomic E-state index is 14.8. The summed E-state index contributed by atoms with van der Waals surface area (Å²) in [6, 6.07) is 21.4. The number of para-hydroxylation sites is 1. The number of aromatic nitrogens is 1. The van der Waals surface area contributed by atoms with E-state index in [1.54, 1.807) is 11.6 Å². The highest BCUT2D eigenvalue weighted by molar-refractivity contribution is 6.13. The Bertz CT molecular complexity index is 1490. The quantitative estimate of drug-likeness (QED) is 0.317. The first-order chi connectivity index (χ1) is 15.3. The standard InChI is InChI=1S/C26H21FNO/c1-16-12-13-21-20-11-7-10-19(18-8-5-4-6-9-18)25(20)29-26(21)24(16)23-14-22(27)17(2)15-28(23)3/h4-15H,1-3H3/q+1/i2D3. The van der Waals surface area contributed by atoms with Crippen molar-refractivity contribution >= 4 is 21.9 Å². The summed E-state index contributed by atoms with van der Waals surface area (Å²) in [5.74, 6) is -0.754. The molecule has 0 unspecified atom stereocenters. The van der Waals surface area contributed by atoms with Crippen LogP contribution >= 0.6 is 0 Å². The predicted octanol–water partition coefficient (Wildman–Crippen LogP) is 6.50. The van der Waals surface area contributed by atoms with Gasteiger partial charge in [0, 0.05) is 32.1 Å². The van der Waals surface area contributed by atoms with Crippen LogP contribution in [0.15, 0.2) is 77.3 Å². The van der Waals surface area contributed by atoms with E-state index in [0.29, 0.717) is 11.3 Å². The number of halogens is 1. The molecule has 0 radical (unpaired) electrons. The highest BCUT2D eigenvalue weighted by atomic mass is 19.1. The fourth-order valence-corrected chi connectivity index (χ4v) is 4.00. The van der Waals surface area contributed by atoms with E-state index in [4.69, 9.17) is 8.53 Å². The Morgan fingerprint density at radius 3 is 2.48 bits per heavy atom. The Hall–Kier alpha value is -3.46. The topological polar surface area (TPSA) is 17.0 Å². The van der Waals surface area contributed by atoms with E-state index < -0.39 is 12.7 Å². The molecular weight excluding hydrogens is 361 g/mol. The van der Waals surface area contributed by atoms with Crippen molar-refractivity contribution in [2.75, 3.05) is 0 Å². The Kier molecular flexibility index (Phi) is 3.28. The fraction of sp³-hybridized carbons (Fsp3) is 0.115. The van der Waals surface area contributed by atoms with Gasteiger partial charge in [-0.15, -0.1) is 0 Å². The van der Waals surface area contributed by atoms with Gasteiger partial charge in [0.2, 0.25) is 5.69 Å². The van der Waals surface area contributed by atoms with Gasteiger partial charge in [0.25, 0.3) is 0 Å². The maximum absolute atomic E-state index is 14.8. The molecule has 2 aromatic heterocycles. The van der Waals surface area contributed by atoms with Gasteiger partial charge in [-0.2, -0.15) is 0 Å². The molecule has 0 saturated heterocycles. The molecule has 0 amide bonds. The minimum absolute atomic E-state index is 0.301. The number of hydrogen-bond acceptors (Lipinski definition) is 1. The molecule has 29 heavy (non-hydrogen) atoms. The highest BCUT2D eigenvalue weighted by Crippen LogP contribution is 2.40. The van der Waals surface area contributed by atoms with Gasteiger partial charge in [-0.3, -0.25) is 0 Å².